The van der Waals surface area contributed by atoms with E-state index >= 15 is 0 Å². The van der Waals surface area contributed by atoms with Crippen LogP contribution in [0.2, 0.25) is 0 Å². The number of thioether (sulfide) groups is 1. The molecular formula is C17H26ClN5OS. The van der Waals surface area contributed by atoms with Crippen LogP contribution in [-0.4, -0.2) is 82.0 Å². The average molecular weight is 384 g/mol. The Morgan fingerprint density at radius 3 is 2.88 bits per heavy atom. The van der Waals surface area contributed by atoms with Gasteiger partial charge in [0.1, 0.15) is 11.5 Å². The van der Waals surface area contributed by atoms with Crippen molar-refractivity contribution in [1.29, 1.82) is 5.26 Å². The zero-order valence-electron chi connectivity index (χ0n) is 14.4. The number of nitrogens with zero attached hydrogens (tertiary/aromatic N) is 4. The van der Waals surface area contributed by atoms with Crippen LogP contribution in [0.15, 0.2) is 0 Å². The number of hydrogen-bond acceptors (Lipinski definition) is 6. The maximum absolute atomic E-state index is 13.0. The third-order valence-electron chi connectivity index (χ3n) is 6.09. The smallest absolute Gasteiger partial charge is 0.243 e. The number of alkyl halides is 1. The van der Waals surface area contributed by atoms with Crippen molar-refractivity contribution < 1.29 is 4.79 Å². The van der Waals surface area contributed by atoms with Crippen molar-refractivity contribution in [2.75, 3.05) is 39.3 Å². The lowest BCUT2D eigenvalue weighted by Crippen LogP contribution is -2.66. The summed E-state index contributed by atoms with van der Waals surface area (Å²) in [6, 6.07) is -0.162. The zero-order chi connectivity index (χ0) is 17.4. The highest BCUT2D eigenvalue weighted by Crippen LogP contribution is 2.39. The van der Waals surface area contributed by atoms with Gasteiger partial charge in [0.05, 0.1) is 6.54 Å². The van der Waals surface area contributed by atoms with Gasteiger partial charge in [0, 0.05) is 43.4 Å². The van der Waals surface area contributed by atoms with Gasteiger partial charge in [-0.25, -0.2) is 0 Å². The normalized spacial score (nSPS) is 40.0. The van der Waals surface area contributed by atoms with Gasteiger partial charge in [-0.1, -0.05) is 6.42 Å². The Labute approximate surface area is 158 Å². The summed E-state index contributed by atoms with van der Waals surface area (Å²) >= 11 is 8.28. The molecule has 4 fully saturated rings. The quantitative estimate of drug-likeness (QED) is 0.568. The first-order chi connectivity index (χ1) is 12.2. The van der Waals surface area contributed by atoms with Crippen molar-refractivity contribution >= 4 is 29.3 Å². The van der Waals surface area contributed by atoms with Crippen molar-refractivity contribution in [2.45, 2.75) is 47.8 Å². The first kappa shape index (κ1) is 17.7. The second-order valence-electron chi connectivity index (χ2n) is 7.59. The number of halogens is 1. The lowest BCUT2D eigenvalue weighted by Gasteiger charge is -2.46. The molecule has 3 saturated heterocycles. The number of carbonyl (C=O) groups excluding carboxylic acids is 1. The Hall–Kier alpha value is -0.680. The molecular weight excluding hydrogens is 358 g/mol. The second kappa shape index (κ2) is 7.51. The van der Waals surface area contributed by atoms with Crippen LogP contribution in [-0.2, 0) is 4.79 Å². The van der Waals surface area contributed by atoms with Crippen LogP contribution >= 0.6 is 23.4 Å². The molecule has 6 nitrogen and oxygen atoms in total. The molecule has 1 aliphatic carbocycles. The summed E-state index contributed by atoms with van der Waals surface area (Å²) in [7, 11) is 0. The molecule has 4 aliphatic rings. The van der Waals surface area contributed by atoms with E-state index in [1.165, 1.54) is 12.8 Å². The van der Waals surface area contributed by atoms with Crippen LogP contribution < -0.4 is 5.32 Å². The largest absolute Gasteiger partial charge is 0.315 e. The van der Waals surface area contributed by atoms with Crippen molar-refractivity contribution in [2.24, 2.45) is 5.92 Å². The van der Waals surface area contributed by atoms with E-state index in [2.05, 4.69) is 16.4 Å². The monoisotopic (exact) mass is 383 g/mol. The van der Waals surface area contributed by atoms with Gasteiger partial charge < -0.3 is 9.80 Å². The fourth-order valence-electron chi connectivity index (χ4n) is 4.63. The fraction of sp³-hybridized carbons (Fsp3) is 0.882. The van der Waals surface area contributed by atoms with Gasteiger partial charge in [-0.15, -0.1) is 23.4 Å². The van der Waals surface area contributed by atoms with Crippen LogP contribution in [0.1, 0.15) is 25.7 Å². The van der Waals surface area contributed by atoms with Gasteiger partial charge in [0.15, 0.2) is 6.19 Å². The number of carbonyl (C=O) groups is 1. The van der Waals surface area contributed by atoms with Gasteiger partial charge in [0.25, 0.3) is 0 Å². The van der Waals surface area contributed by atoms with Crippen LogP contribution in [0.25, 0.3) is 0 Å². The van der Waals surface area contributed by atoms with E-state index in [9.17, 15) is 4.79 Å². The minimum atomic E-state index is -0.162. The molecule has 0 aromatic rings. The first-order valence-corrected chi connectivity index (χ1v) is 10.8. The Kier molecular flexibility index (Phi) is 5.33. The van der Waals surface area contributed by atoms with Crippen LogP contribution in [0.4, 0.5) is 0 Å². The van der Waals surface area contributed by atoms with Gasteiger partial charge >= 0.3 is 0 Å². The molecule has 1 amide bonds. The average Bonchev–Trinajstić information content (AvgIpc) is 3.12. The SMILES string of the molecule is N#CN1CCN2CCN(C3NCC(C4CCCC(Cl)C4)S3)C(=O)[C@@H]2C1. The Morgan fingerprint density at radius 1 is 1.24 bits per heavy atom. The number of amides is 1. The molecule has 0 radical (unpaired) electrons. The standard InChI is InChI=1S/C17H26ClN5OS/c18-13-3-1-2-12(8-13)15-9-20-17(25-15)23-7-6-22-5-4-21(11-19)10-14(22)16(23)24/h12-15,17,20H,1-10H2/t12?,13?,14-,15?,17?/m0/s1. The van der Waals surface area contributed by atoms with Crippen LogP contribution in [0.3, 0.4) is 0 Å². The predicted molar refractivity (Wildman–Crippen MR) is 99.0 cm³/mol. The highest BCUT2D eigenvalue weighted by Gasteiger charge is 2.44. The molecule has 1 saturated carbocycles. The Morgan fingerprint density at radius 2 is 2.08 bits per heavy atom. The summed E-state index contributed by atoms with van der Waals surface area (Å²) in [6.45, 7) is 4.73. The van der Waals surface area contributed by atoms with E-state index in [1.807, 2.05) is 16.7 Å². The Bertz CT molecular complexity index is 558. The highest BCUT2D eigenvalue weighted by molar-refractivity contribution is 8.00. The van der Waals surface area contributed by atoms with Crippen molar-refractivity contribution in [3.8, 4) is 6.19 Å². The maximum Gasteiger partial charge on any atom is 0.243 e. The second-order valence-corrected chi connectivity index (χ2v) is 9.53. The van der Waals surface area contributed by atoms with E-state index in [4.69, 9.17) is 16.9 Å². The summed E-state index contributed by atoms with van der Waals surface area (Å²) in [5.41, 5.74) is 0.0767. The lowest BCUT2D eigenvalue weighted by molar-refractivity contribution is -0.145. The summed E-state index contributed by atoms with van der Waals surface area (Å²) in [6.07, 6.45) is 6.93. The van der Waals surface area contributed by atoms with E-state index in [0.717, 1.165) is 45.6 Å². The number of hydrogen-bond donors (Lipinski definition) is 1. The van der Waals surface area contributed by atoms with E-state index in [-0.39, 0.29) is 17.4 Å². The minimum Gasteiger partial charge on any atom is -0.315 e. The number of nitrogens with one attached hydrogen (secondary N) is 1. The summed E-state index contributed by atoms with van der Waals surface area (Å²) in [5.74, 6) is 0.842. The van der Waals surface area contributed by atoms with Gasteiger partial charge in [-0.3, -0.25) is 15.0 Å². The lowest BCUT2D eigenvalue weighted by atomic mass is 9.86. The fourth-order valence-corrected chi connectivity index (χ4v) is 6.55. The first-order valence-electron chi connectivity index (χ1n) is 9.38. The summed E-state index contributed by atoms with van der Waals surface area (Å²) in [4.78, 5) is 19.0. The maximum atomic E-state index is 13.0. The van der Waals surface area contributed by atoms with E-state index in [1.54, 1.807) is 4.90 Å². The van der Waals surface area contributed by atoms with E-state index < -0.39 is 0 Å². The van der Waals surface area contributed by atoms with Gasteiger partial charge in [-0.05, 0) is 25.2 Å². The third kappa shape index (κ3) is 3.59. The minimum absolute atomic E-state index is 0.0767. The molecule has 138 valence electrons. The van der Waals surface area contributed by atoms with Gasteiger partial charge in [0.2, 0.25) is 5.91 Å². The topological polar surface area (TPSA) is 62.6 Å². The zero-order valence-corrected chi connectivity index (χ0v) is 16.0. The molecule has 3 aliphatic heterocycles. The molecule has 4 unspecified atom stereocenters. The molecule has 8 heteroatoms. The van der Waals surface area contributed by atoms with E-state index in [0.29, 0.717) is 23.1 Å². The molecule has 0 bridgehead atoms. The third-order valence-corrected chi connectivity index (χ3v) is 8.06. The number of fused-ring (bicyclic) bond motifs is 1. The van der Waals surface area contributed by atoms with Crippen molar-refractivity contribution in [1.82, 2.24) is 20.0 Å². The number of nitriles is 1. The van der Waals surface area contributed by atoms with Crippen molar-refractivity contribution in [3.63, 3.8) is 0 Å². The summed E-state index contributed by atoms with van der Waals surface area (Å²) in [5, 5.41) is 13.6. The number of rotatable bonds is 2. The molecule has 1 N–H and O–H groups in total. The molecule has 0 spiro atoms. The molecule has 5 atom stereocenters. The van der Waals surface area contributed by atoms with Gasteiger partial charge in [-0.2, -0.15) is 5.26 Å². The molecule has 3 heterocycles. The Balaban J connectivity index is 1.37. The number of piperazine rings is 2. The highest BCUT2D eigenvalue weighted by atomic mass is 35.5. The summed E-state index contributed by atoms with van der Waals surface area (Å²) < 4.78 is 0. The predicted octanol–water partition coefficient (Wildman–Crippen LogP) is 1.08. The molecule has 0 aromatic carbocycles. The molecule has 0 aromatic heterocycles. The molecule has 4 rings (SSSR count). The van der Waals surface area contributed by atoms with Crippen LogP contribution in [0.5, 0.6) is 0 Å². The van der Waals surface area contributed by atoms with Crippen LogP contribution in [0, 0.1) is 17.4 Å². The molecule has 25 heavy (non-hydrogen) atoms. The van der Waals surface area contributed by atoms with Crippen molar-refractivity contribution in [3.05, 3.63) is 0 Å².